The van der Waals surface area contributed by atoms with E-state index >= 15 is 0 Å². The zero-order valence-corrected chi connectivity index (χ0v) is 6.88. The fraction of sp³-hybridized carbons (Fsp3) is 0.667. The molecule has 0 aromatic carbocycles. The summed E-state index contributed by atoms with van der Waals surface area (Å²) in [7, 11) is -5.99. The minimum Gasteiger partial charge on any atom is -0.252 e. The molecule has 9 heavy (non-hydrogen) atoms. The van der Waals surface area contributed by atoms with Gasteiger partial charge in [0.15, 0.2) is 0 Å². The highest BCUT2D eigenvalue weighted by atomic mass is 32.3. The van der Waals surface area contributed by atoms with Crippen molar-refractivity contribution in [2.75, 3.05) is 12.5 Å². The first kappa shape index (κ1) is 8.93. The fourth-order valence-corrected chi connectivity index (χ4v) is 2.88. The van der Waals surface area contributed by atoms with E-state index < -0.39 is 19.7 Å². The van der Waals surface area contributed by atoms with E-state index in [1.165, 1.54) is 6.26 Å². The van der Waals surface area contributed by atoms with Crippen LogP contribution in [-0.2, 0) is 19.7 Å². The molecule has 6 heteroatoms. The molecule has 0 heterocycles. The number of hydrogen-bond acceptors (Lipinski definition) is 3. The largest absolute Gasteiger partial charge is 0.252 e. The Kier molecular flexibility index (Phi) is 2.26. The molecule has 1 atom stereocenters. The molecule has 0 spiro atoms. The average molecular weight is 171 g/mol. The third kappa shape index (κ3) is 7.93. The lowest BCUT2D eigenvalue weighted by Gasteiger charge is -2.00. The third-order valence-electron chi connectivity index (χ3n) is 0.328. The number of sulfonamides is 1. The molecule has 0 aliphatic carbocycles. The molecule has 0 rings (SSSR count). The first-order valence-corrected chi connectivity index (χ1v) is 6.04. The molecular formula is C3H9NO3S2. The van der Waals surface area contributed by atoms with Gasteiger partial charge in [0, 0.05) is 16.0 Å². The van der Waals surface area contributed by atoms with Crippen molar-refractivity contribution in [2.24, 2.45) is 0 Å². The molecule has 0 fully saturated rings. The normalized spacial score (nSPS) is 18.9. The SMILES string of the molecule is C=S(C)(=O)NS(C)(=O)=O. The number of nitrogens with one attached hydrogen (secondary N) is 1. The van der Waals surface area contributed by atoms with Crippen molar-refractivity contribution in [2.45, 2.75) is 0 Å². The molecule has 0 saturated heterocycles. The van der Waals surface area contributed by atoms with Crippen LogP contribution in [0.4, 0.5) is 0 Å². The highest BCUT2D eigenvalue weighted by Gasteiger charge is 2.02. The van der Waals surface area contributed by atoms with E-state index in [0.717, 1.165) is 6.26 Å². The lowest BCUT2D eigenvalue weighted by molar-refractivity contribution is 0.598. The predicted octanol–water partition coefficient (Wildman–Crippen LogP) is -1.20. The van der Waals surface area contributed by atoms with Crippen LogP contribution in [0.2, 0.25) is 0 Å². The minimum atomic E-state index is -3.37. The van der Waals surface area contributed by atoms with Crippen molar-refractivity contribution < 1.29 is 12.6 Å². The lowest BCUT2D eigenvalue weighted by Crippen LogP contribution is -2.27. The molecule has 4 nitrogen and oxygen atoms in total. The van der Waals surface area contributed by atoms with Crippen LogP contribution in [0.1, 0.15) is 0 Å². The lowest BCUT2D eigenvalue weighted by atomic mass is 11.9. The van der Waals surface area contributed by atoms with Crippen molar-refractivity contribution in [1.29, 1.82) is 0 Å². The van der Waals surface area contributed by atoms with Gasteiger partial charge in [-0.1, -0.05) is 0 Å². The van der Waals surface area contributed by atoms with Gasteiger partial charge in [-0.05, 0) is 5.87 Å². The Morgan fingerprint density at radius 3 is 1.56 bits per heavy atom. The van der Waals surface area contributed by atoms with Crippen molar-refractivity contribution in [1.82, 2.24) is 4.13 Å². The molecule has 0 bridgehead atoms. The molecule has 0 aromatic rings. The van der Waals surface area contributed by atoms with E-state index in [-0.39, 0.29) is 0 Å². The van der Waals surface area contributed by atoms with Crippen molar-refractivity contribution in [3.05, 3.63) is 0 Å². The second-order valence-electron chi connectivity index (χ2n) is 1.86. The van der Waals surface area contributed by atoms with Crippen molar-refractivity contribution in [3.8, 4) is 0 Å². The highest BCUT2D eigenvalue weighted by molar-refractivity contribution is 8.08. The molecule has 0 amide bonds. The topological polar surface area (TPSA) is 63.2 Å². The molecule has 0 aromatic heterocycles. The smallest absolute Gasteiger partial charge is 0.219 e. The molecule has 56 valence electrons. The van der Waals surface area contributed by atoms with Crippen LogP contribution >= 0.6 is 0 Å². The van der Waals surface area contributed by atoms with E-state index in [0.29, 0.717) is 0 Å². The molecule has 1 N–H and O–H groups in total. The molecule has 0 aliphatic heterocycles. The molecule has 1 unspecified atom stereocenters. The van der Waals surface area contributed by atoms with E-state index in [1.807, 2.05) is 4.13 Å². The van der Waals surface area contributed by atoms with Crippen LogP contribution in [-0.4, -0.2) is 31.0 Å². The van der Waals surface area contributed by atoms with Gasteiger partial charge in [0.1, 0.15) is 0 Å². The Labute approximate surface area is 55.5 Å². The first-order chi connectivity index (χ1) is 3.71. The Balaban J connectivity index is 4.46. The maximum atomic E-state index is 10.6. The number of hydrogen-bond donors (Lipinski definition) is 1. The van der Waals surface area contributed by atoms with Crippen molar-refractivity contribution in [3.63, 3.8) is 0 Å². The van der Waals surface area contributed by atoms with Gasteiger partial charge in [0.05, 0.1) is 6.26 Å². The van der Waals surface area contributed by atoms with Gasteiger partial charge in [0.25, 0.3) is 0 Å². The van der Waals surface area contributed by atoms with Crippen LogP contribution < -0.4 is 4.13 Å². The van der Waals surface area contributed by atoms with Crippen LogP contribution in [0.3, 0.4) is 0 Å². The summed E-state index contributed by atoms with van der Waals surface area (Å²) in [5, 5.41) is 0. The van der Waals surface area contributed by atoms with Gasteiger partial charge in [-0.3, -0.25) is 4.21 Å². The summed E-state index contributed by atoms with van der Waals surface area (Å²) in [5.41, 5.74) is 0. The molecular weight excluding hydrogens is 162 g/mol. The summed E-state index contributed by atoms with van der Waals surface area (Å²) in [6, 6.07) is 0. The van der Waals surface area contributed by atoms with Gasteiger partial charge in [-0.25, -0.2) is 8.42 Å². The van der Waals surface area contributed by atoms with Gasteiger partial charge < -0.3 is 0 Å². The first-order valence-electron chi connectivity index (χ1n) is 2.01. The summed E-state index contributed by atoms with van der Waals surface area (Å²) in [4.78, 5) is 0. The second kappa shape index (κ2) is 2.28. The van der Waals surface area contributed by atoms with E-state index in [2.05, 4.69) is 5.87 Å². The maximum absolute atomic E-state index is 10.6. The zero-order chi connectivity index (χ0) is 7.71. The van der Waals surface area contributed by atoms with Crippen LogP contribution in [0.5, 0.6) is 0 Å². The van der Waals surface area contributed by atoms with E-state index in [9.17, 15) is 12.6 Å². The third-order valence-corrected chi connectivity index (χ3v) is 2.95. The number of rotatable bonds is 2. The summed E-state index contributed by atoms with van der Waals surface area (Å²) >= 11 is 0. The molecule has 0 aliphatic rings. The van der Waals surface area contributed by atoms with Crippen LogP contribution in [0.25, 0.3) is 0 Å². The average Bonchev–Trinajstić information content (AvgIpc) is 1.14. The zero-order valence-electron chi connectivity index (χ0n) is 5.25. The van der Waals surface area contributed by atoms with Gasteiger partial charge in [-0.2, -0.15) is 0 Å². The predicted molar refractivity (Wildman–Crippen MR) is 39.2 cm³/mol. The standard InChI is InChI=1S/C3H9NO3S2/c1-8(2,5)4-9(3,6)7/h1H2,2-3H3,(H,4,5). The van der Waals surface area contributed by atoms with Gasteiger partial charge in [0.2, 0.25) is 10.0 Å². The van der Waals surface area contributed by atoms with Gasteiger partial charge >= 0.3 is 0 Å². The summed E-state index contributed by atoms with van der Waals surface area (Å²) in [5.74, 6) is 3.09. The Morgan fingerprint density at radius 2 is 1.56 bits per heavy atom. The summed E-state index contributed by atoms with van der Waals surface area (Å²) in [6.07, 6.45) is 2.15. The Hall–Kier alpha value is -0.0700. The van der Waals surface area contributed by atoms with Gasteiger partial charge in [-0.15, -0.1) is 4.13 Å². The summed E-state index contributed by atoms with van der Waals surface area (Å²) < 4.78 is 33.1. The quantitative estimate of drug-likeness (QED) is 0.531. The Morgan fingerprint density at radius 1 is 1.22 bits per heavy atom. The fourth-order valence-electron chi connectivity index (χ4n) is 0.320. The monoisotopic (exact) mass is 171 g/mol. The highest BCUT2D eigenvalue weighted by Crippen LogP contribution is 1.78. The Bertz CT molecular complexity index is 242. The van der Waals surface area contributed by atoms with E-state index in [1.54, 1.807) is 0 Å². The summed E-state index contributed by atoms with van der Waals surface area (Å²) in [6.45, 7) is 0. The van der Waals surface area contributed by atoms with Crippen LogP contribution in [0, 0.1) is 0 Å². The molecule has 0 radical (unpaired) electrons. The van der Waals surface area contributed by atoms with Crippen LogP contribution in [0.15, 0.2) is 0 Å². The van der Waals surface area contributed by atoms with Crippen molar-refractivity contribution >= 4 is 25.6 Å². The van der Waals surface area contributed by atoms with E-state index in [4.69, 9.17) is 0 Å². The maximum Gasteiger partial charge on any atom is 0.219 e. The minimum absolute atomic E-state index is 0.932. The second-order valence-corrected chi connectivity index (χ2v) is 6.08. The molecule has 0 saturated carbocycles.